The molecule has 1 aliphatic rings. The Morgan fingerprint density at radius 1 is 1.09 bits per heavy atom. The van der Waals surface area contributed by atoms with E-state index in [-0.39, 0.29) is 0 Å². The Morgan fingerprint density at radius 3 is 2.55 bits per heavy atom. The van der Waals surface area contributed by atoms with Crippen molar-refractivity contribution in [1.82, 2.24) is 9.97 Å². The fraction of sp³-hybridized carbons (Fsp3) is 0.500. The molecule has 0 atom stereocenters. The van der Waals surface area contributed by atoms with Crippen LogP contribution in [-0.2, 0) is 0 Å². The third-order valence-electron chi connectivity index (χ3n) is 3.90. The smallest absolute Gasteiger partial charge is 0.224 e. The van der Waals surface area contributed by atoms with E-state index in [4.69, 9.17) is 14.2 Å². The third-order valence-corrected chi connectivity index (χ3v) is 4.95. The molecule has 0 amide bonds. The van der Waals surface area contributed by atoms with Gasteiger partial charge in [-0.2, -0.15) is 11.8 Å². The molecule has 1 aromatic carbocycles. The largest absolute Gasteiger partial charge is 0.493 e. The van der Waals surface area contributed by atoms with Crippen LogP contribution in [0.2, 0.25) is 0 Å². The molecule has 0 bridgehead atoms. The Labute approximate surface area is 134 Å². The summed E-state index contributed by atoms with van der Waals surface area (Å²) < 4.78 is 16.6. The second-order valence-corrected chi connectivity index (χ2v) is 6.49. The minimum Gasteiger partial charge on any atom is -0.493 e. The van der Waals surface area contributed by atoms with E-state index in [9.17, 15) is 0 Å². The van der Waals surface area contributed by atoms with Gasteiger partial charge in [0.25, 0.3) is 0 Å². The average molecular weight is 320 g/mol. The van der Waals surface area contributed by atoms with Crippen LogP contribution in [0.4, 0.5) is 0 Å². The molecular formula is C16H20N2O3S. The molecule has 2 heterocycles. The monoisotopic (exact) mass is 320 g/mol. The van der Waals surface area contributed by atoms with Gasteiger partial charge in [-0.15, -0.1) is 0 Å². The summed E-state index contributed by atoms with van der Waals surface area (Å²) in [6.07, 6.45) is 3.95. The molecule has 1 saturated heterocycles. The van der Waals surface area contributed by atoms with Crippen molar-refractivity contribution in [2.45, 2.75) is 12.8 Å². The molecule has 0 saturated carbocycles. The van der Waals surface area contributed by atoms with Crippen LogP contribution in [0, 0.1) is 5.92 Å². The van der Waals surface area contributed by atoms with Crippen molar-refractivity contribution in [3.63, 3.8) is 0 Å². The number of rotatable bonds is 5. The van der Waals surface area contributed by atoms with Gasteiger partial charge in [0.15, 0.2) is 11.5 Å². The van der Waals surface area contributed by atoms with Crippen molar-refractivity contribution in [2.24, 2.45) is 5.92 Å². The van der Waals surface area contributed by atoms with Crippen molar-refractivity contribution in [1.29, 1.82) is 0 Å². The minimum atomic E-state index is 0.615. The zero-order chi connectivity index (χ0) is 15.4. The van der Waals surface area contributed by atoms with E-state index in [0.29, 0.717) is 29.9 Å². The van der Waals surface area contributed by atoms with Gasteiger partial charge in [-0.1, -0.05) is 0 Å². The fourth-order valence-electron chi connectivity index (χ4n) is 2.58. The van der Waals surface area contributed by atoms with Crippen LogP contribution in [0.15, 0.2) is 18.5 Å². The summed E-state index contributed by atoms with van der Waals surface area (Å²) in [5.41, 5.74) is 0.793. The summed E-state index contributed by atoms with van der Waals surface area (Å²) in [6, 6.07) is 3.72. The Kier molecular flexibility index (Phi) is 4.87. The number of ether oxygens (including phenoxy) is 3. The van der Waals surface area contributed by atoms with Crippen molar-refractivity contribution < 1.29 is 14.2 Å². The van der Waals surface area contributed by atoms with E-state index >= 15 is 0 Å². The van der Waals surface area contributed by atoms with Crippen LogP contribution in [-0.4, -0.2) is 42.3 Å². The molecule has 0 N–H and O–H groups in total. The van der Waals surface area contributed by atoms with Gasteiger partial charge in [0.2, 0.25) is 5.88 Å². The van der Waals surface area contributed by atoms with E-state index in [1.54, 1.807) is 14.2 Å². The maximum Gasteiger partial charge on any atom is 0.224 e. The highest BCUT2D eigenvalue weighted by Crippen LogP contribution is 2.34. The van der Waals surface area contributed by atoms with Crippen molar-refractivity contribution in [2.75, 3.05) is 32.3 Å². The summed E-state index contributed by atoms with van der Waals surface area (Å²) in [5.74, 6) is 5.00. The van der Waals surface area contributed by atoms with Crippen LogP contribution in [0.25, 0.3) is 10.9 Å². The molecule has 118 valence electrons. The molecule has 0 aliphatic carbocycles. The van der Waals surface area contributed by atoms with Gasteiger partial charge in [-0.25, -0.2) is 9.97 Å². The number of thioether (sulfide) groups is 1. The molecule has 0 unspecified atom stereocenters. The lowest BCUT2D eigenvalue weighted by Crippen LogP contribution is -2.18. The quantitative estimate of drug-likeness (QED) is 0.843. The van der Waals surface area contributed by atoms with Crippen LogP contribution < -0.4 is 14.2 Å². The second-order valence-electron chi connectivity index (χ2n) is 5.27. The first-order chi connectivity index (χ1) is 10.8. The Hall–Kier alpha value is -1.69. The number of benzene rings is 1. The number of fused-ring (bicyclic) bond motifs is 1. The molecule has 6 heteroatoms. The number of hydrogen-bond donors (Lipinski definition) is 0. The van der Waals surface area contributed by atoms with Crippen molar-refractivity contribution in [3.05, 3.63) is 18.5 Å². The summed E-state index contributed by atoms with van der Waals surface area (Å²) in [7, 11) is 3.23. The predicted molar refractivity (Wildman–Crippen MR) is 88.2 cm³/mol. The number of aromatic nitrogens is 2. The highest BCUT2D eigenvalue weighted by molar-refractivity contribution is 7.99. The average Bonchev–Trinajstić information content (AvgIpc) is 2.59. The zero-order valence-electron chi connectivity index (χ0n) is 12.9. The molecule has 3 rings (SSSR count). The van der Waals surface area contributed by atoms with E-state index in [1.165, 1.54) is 30.7 Å². The van der Waals surface area contributed by atoms with Crippen molar-refractivity contribution >= 4 is 22.7 Å². The second kappa shape index (κ2) is 7.05. The molecule has 22 heavy (non-hydrogen) atoms. The highest BCUT2D eigenvalue weighted by Gasteiger charge is 2.16. The van der Waals surface area contributed by atoms with Crippen LogP contribution in [0.3, 0.4) is 0 Å². The van der Waals surface area contributed by atoms with E-state index in [1.807, 2.05) is 23.9 Å². The number of nitrogens with zero attached hydrogens (tertiary/aromatic N) is 2. The maximum absolute atomic E-state index is 5.98. The Bertz CT molecular complexity index is 645. The van der Waals surface area contributed by atoms with Gasteiger partial charge in [0.05, 0.1) is 31.7 Å². The predicted octanol–water partition coefficient (Wildman–Crippen LogP) is 3.17. The lowest BCUT2D eigenvalue weighted by atomic mass is 10.0. The number of hydrogen-bond acceptors (Lipinski definition) is 6. The van der Waals surface area contributed by atoms with E-state index < -0.39 is 0 Å². The molecule has 2 aromatic rings. The summed E-state index contributed by atoms with van der Waals surface area (Å²) in [6.45, 7) is 0.709. The van der Waals surface area contributed by atoms with Crippen LogP contribution in [0.1, 0.15) is 12.8 Å². The molecule has 1 fully saturated rings. The number of methoxy groups -OCH3 is 2. The Balaban J connectivity index is 1.85. The minimum absolute atomic E-state index is 0.615. The van der Waals surface area contributed by atoms with Crippen LogP contribution in [0.5, 0.6) is 17.4 Å². The fourth-order valence-corrected chi connectivity index (χ4v) is 3.79. The van der Waals surface area contributed by atoms with Gasteiger partial charge >= 0.3 is 0 Å². The first-order valence-electron chi connectivity index (χ1n) is 7.39. The van der Waals surface area contributed by atoms with Gasteiger partial charge < -0.3 is 14.2 Å². The first kappa shape index (κ1) is 15.2. The zero-order valence-corrected chi connectivity index (χ0v) is 13.7. The summed E-state index contributed by atoms with van der Waals surface area (Å²) in [5, 5.41) is 0.852. The van der Waals surface area contributed by atoms with E-state index in [2.05, 4.69) is 9.97 Å². The molecule has 5 nitrogen and oxygen atoms in total. The van der Waals surface area contributed by atoms with Gasteiger partial charge in [-0.05, 0) is 36.3 Å². The third kappa shape index (κ3) is 3.21. The highest BCUT2D eigenvalue weighted by atomic mass is 32.2. The van der Waals surface area contributed by atoms with Gasteiger partial charge in [0, 0.05) is 6.07 Å². The normalized spacial score (nSPS) is 15.7. The van der Waals surface area contributed by atoms with Crippen molar-refractivity contribution in [3.8, 4) is 17.4 Å². The standard InChI is InChI=1S/C16H20N2O3S/c1-19-14-7-12-13(8-15(14)20-2)17-10-18-16(12)21-9-11-3-5-22-6-4-11/h7-8,10-11H,3-6,9H2,1-2H3. The molecule has 1 aromatic heterocycles. The summed E-state index contributed by atoms with van der Waals surface area (Å²) in [4.78, 5) is 8.58. The maximum atomic E-state index is 5.98. The lowest BCUT2D eigenvalue weighted by Gasteiger charge is -2.21. The van der Waals surface area contributed by atoms with Crippen LogP contribution >= 0.6 is 11.8 Å². The molecule has 1 aliphatic heterocycles. The van der Waals surface area contributed by atoms with Gasteiger partial charge in [0.1, 0.15) is 6.33 Å². The SMILES string of the molecule is COc1cc2ncnc(OCC3CCSCC3)c2cc1OC. The lowest BCUT2D eigenvalue weighted by molar-refractivity contribution is 0.234. The van der Waals surface area contributed by atoms with Gasteiger partial charge in [-0.3, -0.25) is 0 Å². The first-order valence-corrected chi connectivity index (χ1v) is 8.54. The molecule has 0 spiro atoms. The van der Waals surface area contributed by atoms with E-state index in [0.717, 1.165) is 10.9 Å². The molecule has 0 radical (unpaired) electrons. The molecular weight excluding hydrogens is 300 g/mol. The summed E-state index contributed by atoms with van der Waals surface area (Å²) >= 11 is 2.02. The topological polar surface area (TPSA) is 53.5 Å². The Morgan fingerprint density at radius 2 is 1.82 bits per heavy atom.